The second kappa shape index (κ2) is 6.01. The molecule has 2 N–H and O–H groups in total. The molecular weight excluding hydrogens is 240 g/mol. The molecule has 0 aliphatic heterocycles. The minimum atomic E-state index is -0.482. The zero-order valence-corrected chi connectivity index (χ0v) is 10.5. The number of nitrogens with one attached hydrogen (secondary N) is 2. The van der Waals surface area contributed by atoms with Crippen molar-refractivity contribution in [2.75, 3.05) is 18.6 Å². The van der Waals surface area contributed by atoms with Gasteiger partial charge >= 0.3 is 5.69 Å². The highest BCUT2D eigenvalue weighted by atomic mass is 16.5. The molecule has 0 radical (unpaired) electrons. The molecule has 100 valence electrons. The number of anilines is 1. The van der Waals surface area contributed by atoms with Gasteiger partial charge in [0, 0.05) is 26.8 Å². The van der Waals surface area contributed by atoms with Crippen LogP contribution in [0.2, 0.25) is 0 Å². The Morgan fingerprint density at radius 3 is 2.61 bits per heavy atom. The van der Waals surface area contributed by atoms with Crippen molar-refractivity contribution in [1.29, 1.82) is 0 Å². The quantitative estimate of drug-likeness (QED) is 0.629. The Kier molecular flexibility index (Phi) is 4.67. The van der Waals surface area contributed by atoms with Gasteiger partial charge in [0.1, 0.15) is 12.4 Å². The first kappa shape index (κ1) is 14.0. The van der Waals surface area contributed by atoms with E-state index in [1.165, 1.54) is 24.7 Å². The number of hydrazine groups is 1. The Morgan fingerprint density at radius 1 is 1.33 bits per heavy atom. The van der Waals surface area contributed by atoms with Gasteiger partial charge in [0.25, 0.3) is 11.5 Å². The summed E-state index contributed by atoms with van der Waals surface area (Å²) in [6.07, 6.45) is 0. The number of ether oxygens (including phenoxy) is 1. The summed E-state index contributed by atoms with van der Waals surface area (Å²) in [5, 5.41) is 0. The lowest BCUT2D eigenvalue weighted by molar-refractivity contribution is -0.125. The Morgan fingerprint density at radius 2 is 2.00 bits per heavy atom. The van der Waals surface area contributed by atoms with Gasteiger partial charge in [-0.25, -0.2) is 4.79 Å². The third kappa shape index (κ3) is 3.20. The zero-order chi connectivity index (χ0) is 13.7. The molecule has 1 heterocycles. The maximum absolute atomic E-state index is 11.6. The maximum atomic E-state index is 11.6. The molecule has 8 nitrogen and oxygen atoms in total. The smallest absolute Gasteiger partial charge is 0.332 e. The van der Waals surface area contributed by atoms with Crippen molar-refractivity contribution >= 4 is 11.7 Å². The van der Waals surface area contributed by atoms with Crippen molar-refractivity contribution < 1.29 is 9.53 Å². The van der Waals surface area contributed by atoms with E-state index in [9.17, 15) is 14.4 Å². The van der Waals surface area contributed by atoms with E-state index >= 15 is 0 Å². The van der Waals surface area contributed by atoms with Gasteiger partial charge in [-0.05, 0) is 6.92 Å². The minimum absolute atomic E-state index is 0.0950. The molecule has 0 unspecified atom stereocenters. The van der Waals surface area contributed by atoms with E-state index < -0.39 is 17.2 Å². The number of carbonyl (C=O) groups excluding carboxylic acids is 1. The molecule has 0 fully saturated rings. The largest absolute Gasteiger partial charge is 0.372 e. The first-order chi connectivity index (χ1) is 8.47. The van der Waals surface area contributed by atoms with Crippen LogP contribution in [0.3, 0.4) is 0 Å². The third-order valence-corrected chi connectivity index (χ3v) is 2.29. The number of rotatable bonds is 5. The molecule has 1 aromatic heterocycles. The Balaban J connectivity index is 2.78. The second-order valence-corrected chi connectivity index (χ2v) is 3.58. The molecule has 0 bridgehead atoms. The summed E-state index contributed by atoms with van der Waals surface area (Å²) < 4.78 is 7.07. The first-order valence-corrected chi connectivity index (χ1v) is 5.37. The van der Waals surface area contributed by atoms with Gasteiger partial charge in [-0.2, -0.15) is 0 Å². The van der Waals surface area contributed by atoms with Gasteiger partial charge in [0.15, 0.2) is 0 Å². The molecule has 1 rings (SSSR count). The van der Waals surface area contributed by atoms with E-state index in [-0.39, 0.29) is 12.4 Å². The van der Waals surface area contributed by atoms with Crippen LogP contribution in [0.1, 0.15) is 6.92 Å². The van der Waals surface area contributed by atoms with Gasteiger partial charge in [-0.15, -0.1) is 0 Å². The van der Waals surface area contributed by atoms with Crippen LogP contribution in [0.25, 0.3) is 0 Å². The van der Waals surface area contributed by atoms with Gasteiger partial charge in [-0.3, -0.25) is 29.6 Å². The summed E-state index contributed by atoms with van der Waals surface area (Å²) in [4.78, 5) is 34.2. The van der Waals surface area contributed by atoms with Crippen LogP contribution in [0, 0.1) is 0 Å². The molecule has 0 saturated carbocycles. The van der Waals surface area contributed by atoms with Crippen LogP contribution in [-0.2, 0) is 23.6 Å². The Bertz CT molecular complexity index is 546. The number of carbonyl (C=O) groups is 1. The normalized spacial score (nSPS) is 10.2. The summed E-state index contributed by atoms with van der Waals surface area (Å²) in [6.45, 7) is 2.10. The van der Waals surface area contributed by atoms with E-state index in [1.54, 1.807) is 6.92 Å². The average Bonchev–Trinajstić information content (AvgIpc) is 2.36. The topological polar surface area (TPSA) is 94.4 Å². The van der Waals surface area contributed by atoms with E-state index in [4.69, 9.17) is 4.74 Å². The number of hydrogen-bond donors (Lipinski definition) is 2. The predicted octanol–water partition coefficient (Wildman–Crippen LogP) is -1.44. The van der Waals surface area contributed by atoms with Crippen LogP contribution >= 0.6 is 0 Å². The Labute approximate surface area is 103 Å². The summed E-state index contributed by atoms with van der Waals surface area (Å²) in [6, 6.07) is 1.21. The van der Waals surface area contributed by atoms with Gasteiger partial charge < -0.3 is 4.74 Å². The molecule has 1 aromatic rings. The van der Waals surface area contributed by atoms with Crippen LogP contribution in [0.15, 0.2) is 15.7 Å². The fourth-order valence-electron chi connectivity index (χ4n) is 1.22. The van der Waals surface area contributed by atoms with Gasteiger partial charge in [0.05, 0.1) is 0 Å². The zero-order valence-electron chi connectivity index (χ0n) is 10.5. The van der Waals surface area contributed by atoms with Crippen LogP contribution in [0.5, 0.6) is 0 Å². The SMILES string of the molecule is CCOCC(=O)NNc1cc(=O)n(C)c(=O)n1C. The fraction of sp³-hybridized carbons (Fsp3) is 0.500. The fourth-order valence-corrected chi connectivity index (χ4v) is 1.22. The van der Waals surface area contributed by atoms with Crippen LogP contribution in [-0.4, -0.2) is 28.3 Å². The van der Waals surface area contributed by atoms with Crippen molar-refractivity contribution in [2.45, 2.75) is 6.92 Å². The van der Waals surface area contributed by atoms with Gasteiger partial charge in [0.2, 0.25) is 0 Å². The first-order valence-electron chi connectivity index (χ1n) is 5.37. The lowest BCUT2D eigenvalue weighted by atomic mass is 10.5. The van der Waals surface area contributed by atoms with Crippen molar-refractivity contribution in [1.82, 2.24) is 14.6 Å². The van der Waals surface area contributed by atoms with Gasteiger partial charge in [-0.1, -0.05) is 0 Å². The van der Waals surface area contributed by atoms with E-state index in [2.05, 4.69) is 10.9 Å². The van der Waals surface area contributed by atoms with E-state index in [0.29, 0.717) is 6.61 Å². The molecule has 18 heavy (non-hydrogen) atoms. The highest BCUT2D eigenvalue weighted by Gasteiger charge is 2.06. The monoisotopic (exact) mass is 256 g/mol. The molecule has 0 spiro atoms. The summed E-state index contributed by atoms with van der Waals surface area (Å²) in [5.74, 6) is -0.196. The molecule has 0 atom stereocenters. The standard InChI is InChI=1S/C10H16N4O4/c1-4-18-6-8(15)12-11-7-5-9(16)14(3)10(17)13(7)2/h5,11H,4,6H2,1-3H3,(H,12,15). The highest BCUT2D eigenvalue weighted by molar-refractivity contribution is 5.78. The van der Waals surface area contributed by atoms with Crippen molar-refractivity contribution in [2.24, 2.45) is 14.1 Å². The molecule has 0 aromatic carbocycles. The minimum Gasteiger partial charge on any atom is -0.372 e. The number of hydrogen-bond acceptors (Lipinski definition) is 5. The van der Waals surface area contributed by atoms with Crippen molar-refractivity contribution in [3.05, 3.63) is 26.9 Å². The molecule has 0 aliphatic rings. The molecule has 1 amide bonds. The third-order valence-electron chi connectivity index (χ3n) is 2.29. The van der Waals surface area contributed by atoms with Crippen LogP contribution < -0.4 is 22.1 Å². The van der Waals surface area contributed by atoms with E-state index in [0.717, 1.165) is 4.57 Å². The number of amides is 1. The van der Waals surface area contributed by atoms with Crippen LogP contribution in [0.4, 0.5) is 5.82 Å². The van der Waals surface area contributed by atoms with Crippen molar-refractivity contribution in [3.63, 3.8) is 0 Å². The van der Waals surface area contributed by atoms with Crippen molar-refractivity contribution in [3.8, 4) is 0 Å². The highest BCUT2D eigenvalue weighted by Crippen LogP contribution is 1.95. The second-order valence-electron chi connectivity index (χ2n) is 3.58. The molecule has 0 saturated heterocycles. The predicted molar refractivity (Wildman–Crippen MR) is 65.2 cm³/mol. The lowest BCUT2D eigenvalue weighted by Gasteiger charge is -2.12. The Hall–Kier alpha value is -2.09. The molecule has 0 aliphatic carbocycles. The summed E-state index contributed by atoms with van der Waals surface area (Å²) in [5.41, 5.74) is 3.89. The number of aromatic nitrogens is 2. The molecular formula is C10H16N4O4. The summed E-state index contributed by atoms with van der Waals surface area (Å²) >= 11 is 0. The number of nitrogens with zero attached hydrogens (tertiary/aromatic N) is 2. The van der Waals surface area contributed by atoms with E-state index in [1.807, 2.05) is 0 Å². The maximum Gasteiger partial charge on any atom is 0.332 e. The summed E-state index contributed by atoms with van der Waals surface area (Å²) in [7, 11) is 2.86. The lowest BCUT2D eigenvalue weighted by Crippen LogP contribution is -2.40. The average molecular weight is 256 g/mol. The molecule has 8 heteroatoms.